The largest absolute Gasteiger partial charge is 0.322 e. The molecule has 0 fully saturated rings. The number of hydrogen-bond donors (Lipinski definition) is 1. The number of amides is 1. The summed E-state index contributed by atoms with van der Waals surface area (Å²) in [4.78, 5) is 22.3. The van der Waals surface area contributed by atoms with Crippen LogP contribution in [0.15, 0.2) is 40.9 Å². The molecule has 0 heterocycles. The maximum Gasteiger partial charge on any atom is 0.269 e. The Kier molecular flexibility index (Phi) is 4.37. The predicted octanol–water partition coefficient (Wildman–Crippen LogP) is 4.23. The first-order valence-corrected chi connectivity index (χ1v) is 7.00. The van der Waals surface area contributed by atoms with Gasteiger partial charge in [0, 0.05) is 27.9 Å². The van der Waals surface area contributed by atoms with Gasteiger partial charge in [0.05, 0.1) is 4.92 Å². The lowest BCUT2D eigenvalue weighted by Crippen LogP contribution is -2.13. The molecule has 1 N–H and O–H groups in total. The molecule has 0 aromatic heterocycles. The maximum atomic E-state index is 12.2. The van der Waals surface area contributed by atoms with Gasteiger partial charge >= 0.3 is 0 Å². The third-order valence-corrected chi connectivity index (χ3v) is 3.53. The zero-order valence-corrected chi connectivity index (χ0v) is 13.1. The van der Waals surface area contributed by atoms with Crippen LogP contribution in [0.1, 0.15) is 21.5 Å². The van der Waals surface area contributed by atoms with Gasteiger partial charge in [0.1, 0.15) is 0 Å². The minimum atomic E-state index is -0.495. The number of nitro benzene ring substituents is 1. The molecule has 0 atom stereocenters. The van der Waals surface area contributed by atoms with Crippen LogP contribution in [0.3, 0.4) is 0 Å². The van der Waals surface area contributed by atoms with Crippen molar-refractivity contribution < 1.29 is 9.72 Å². The quantitative estimate of drug-likeness (QED) is 0.666. The van der Waals surface area contributed by atoms with Crippen LogP contribution in [-0.4, -0.2) is 10.8 Å². The average molecular weight is 349 g/mol. The zero-order valence-electron chi connectivity index (χ0n) is 11.5. The number of nitrogens with one attached hydrogen (secondary N) is 1. The number of carbonyl (C=O) groups is 1. The Morgan fingerprint density at radius 2 is 1.67 bits per heavy atom. The number of nitrogens with zero attached hydrogens (tertiary/aromatic N) is 1. The molecule has 0 spiro atoms. The fraction of sp³-hybridized carbons (Fsp3) is 0.133. The number of aryl methyl sites for hydroxylation is 2. The summed E-state index contributed by atoms with van der Waals surface area (Å²) in [7, 11) is 0. The normalized spacial score (nSPS) is 10.2. The van der Waals surface area contributed by atoms with Crippen LogP contribution in [0, 0.1) is 24.0 Å². The lowest BCUT2D eigenvalue weighted by Gasteiger charge is -2.12. The van der Waals surface area contributed by atoms with Gasteiger partial charge < -0.3 is 5.32 Å². The number of carbonyl (C=O) groups excluding carboxylic acids is 1. The van der Waals surface area contributed by atoms with E-state index in [2.05, 4.69) is 21.2 Å². The van der Waals surface area contributed by atoms with E-state index in [0.29, 0.717) is 5.56 Å². The summed E-state index contributed by atoms with van der Waals surface area (Å²) in [6.07, 6.45) is 0. The van der Waals surface area contributed by atoms with Crippen LogP contribution in [0.5, 0.6) is 0 Å². The number of non-ortho nitro benzene ring substituents is 1. The monoisotopic (exact) mass is 348 g/mol. The molecule has 0 saturated heterocycles. The highest BCUT2D eigenvalue weighted by Gasteiger charge is 2.12. The SMILES string of the molecule is Cc1cc(Br)cc(C)c1NC(=O)c1ccc([N+](=O)[O-])cc1. The molecular formula is C15H13BrN2O3. The van der Waals surface area contributed by atoms with Gasteiger partial charge in [-0.3, -0.25) is 14.9 Å². The van der Waals surface area contributed by atoms with Gasteiger partial charge in [-0.25, -0.2) is 0 Å². The van der Waals surface area contributed by atoms with Crippen molar-refractivity contribution in [3.63, 3.8) is 0 Å². The second-order valence-electron chi connectivity index (χ2n) is 4.67. The third-order valence-electron chi connectivity index (χ3n) is 3.08. The van der Waals surface area contributed by atoms with Gasteiger partial charge in [0.25, 0.3) is 11.6 Å². The first kappa shape index (κ1) is 15.2. The van der Waals surface area contributed by atoms with Crippen LogP contribution in [0.2, 0.25) is 0 Å². The van der Waals surface area contributed by atoms with E-state index < -0.39 is 4.92 Å². The van der Waals surface area contributed by atoms with E-state index in [1.807, 2.05) is 26.0 Å². The molecule has 0 aliphatic carbocycles. The molecule has 5 nitrogen and oxygen atoms in total. The number of halogens is 1. The molecule has 0 unspecified atom stereocenters. The number of rotatable bonds is 3. The molecule has 2 aromatic rings. The van der Waals surface area contributed by atoms with Gasteiger partial charge in [0.2, 0.25) is 0 Å². The second-order valence-corrected chi connectivity index (χ2v) is 5.59. The van der Waals surface area contributed by atoms with Gasteiger partial charge in [-0.05, 0) is 49.2 Å². The van der Waals surface area contributed by atoms with E-state index in [-0.39, 0.29) is 11.6 Å². The molecule has 21 heavy (non-hydrogen) atoms. The van der Waals surface area contributed by atoms with E-state index in [9.17, 15) is 14.9 Å². The molecule has 0 saturated carbocycles. The number of anilines is 1. The predicted molar refractivity (Wildman–Crippen MR) is 84.7 cm³/mol. The fourth-order valence-electron chi connectivity index (χ4n) is 2.03. The van der Waals surface area contributed by atoms with Gasteiger partial charge in [-0.1, -0.05) is 15.9 Å². The maximum absolute atomic E-state index is 12.2. The summed E-state index contributed by atoms with van der Waals surface area (Å²) >= 11 is 3.40. The Balaban J connectivity index is 2.24. The van der Waals surface area contributed by atoms with Crippen molar-refractivity contribution in [1.82, 2.24) is 0 Å². The molecule has 0 radical (unpaired) electrons. The third kappa shape index (κ3) is 3.46. The first-order valence-electron chi connectivity index (χ1n) is 6.21. The summed E-state index contributed by atoms with van der Waals surface area (Å²) in [5, 5.41) is 13.4. The fourth-order valence-corrected chi connectivity index (χ4v) is 2.71. The Labute approximate surface area is 130 Å². The van der Waals surface area contributed by atoms with E-state index >= 15 is 0 Å². The summed E-state index contributed by atoms with van der Waals surface area (Å²) in [5.74, 6) is -0.293. The number of nitro groups is 1. The van der Waals surface area contributed by atoms with Crippen molar-refractivity contribution in [2.75, 3.05) is 5.32 Å². The van der Waals surface area contributed by atoms with E-state index in [1.165, 1.54) is 24.3 Å². The van der Waals surface area contributed by atoms with Crippen LogP contribution < -0.4 is 5.32 Å². The second kappa shape index (κ2) is 6.05. The van der Waals surface area contributed by atoms with Crippen molar-refractivity contribution in [3.05, 3.63) is 67.7 Å². The Morgan fingerprint density at radius 3 is 2.14 bits per heavy atom. The molecular weight excluding hydrogens is 336 g/mol. The van der Waals surface area contributed by atoms with Crippen molar-refractivity contribution in [3.8, 4) is 0 Å². The summed E-state index contributed by atoms with van der Waals surface area (Å²) in [5.41, 5.74) is 2.97. The molecule has 1 amide bonds. The smallest absolute Gasteiger partial charge is 0.269 e. The lowest BCUT2D eigenvalue weighted by molar-refractivity contribution is -0.384. The molecule has 2 aromatic carbocycles. The first-order chi connectivity index (χ1) is 9.88. The summed E-state index contributed by atoms with van der Waals surface area (Å²) in [6.45, 7) is 3.81. The minimum absolute atomic E-state index is 0.0393. The van der Waals surface area contributed by atoms with Crippen LogP contribution >= 0.6 is 15.9 Å². The Morgan fingerprint density at radius 1 is 1.14 bits per heavy atom. The minimum Gasteiger partial charge on any atom is -0.322 e. The summed E-state index contributed by atoms with van der Waals surface area (Å²) < 4.78 is 0.950. The average Bonchev–Trinajstić information content (AvgIpc) is 2.42. The molecule has 0 aliphatic rings. The lowest BCUT2D eigenvalue weighted by atomic mass is 10.1. The Bertz CT molecular complexity index is 688. The van der Waals surface area contributed by atoms with Gasteiger partial charge in [-0.2, -0.15) is 0 Å². The number of hydrogen-bond acceptors (Lipinski definition) is 3. The van der Waals surface area contributed by atoms with E-state index in [4.69, 9.17) is 0 Å². The topological polar surface area (TPSA) is 72.2 Å². The Hall–Kier alpha value is -2.21. The highest BCUT2D eigenvalue weighted by Crippen LogP contribution is 2.25. The van der Waals surface area contributed by atoms with Crippen molar-refractivity contribution in [2.45, 2.75) is 13.8 Å². The van der Waals surface area contributed by atoms with E-state index in [1.54, 1.807) is 0 Å². The van der Waals surface area contributed by atoms with Gasteiger partial charge in [0.15, 0.2) is 0 Å². The molecule has 0 bridgehead atoms. The zero-order chi connectivity index (χ0) is 15.6. The summed E-state index contributed by atoms with van der Waals surface area (Å²) in [6, 6.07) is 9.34. The molecule has 2 rings (SSSR count). The highest BCUT2D eigenvalue weighted by atomic mass is 79.9. The highest BCUT2D eigenvalue weighted by molar-refractivity contribution is 9.10. The number of benzene rings is 2. The van der Waals surface area contributed by atoms with Crippen molar-refractivity contribution in [2.24, 2.45) is 0 Å². The van der Waals surface area contributed by atoms with Crippen molar-refractivity contribution in [1.29, 1.82) is 0 Å². The van der Waals surface area contributed by atoms with Crippen LogP contribution in [0.4, 0.5) is 11.4 Å². The van der Waals surface area contributed by atoms with E-state index in [0.717, 1.165) is 21.3 Å². The van der Waals surface area contributed by atoms with Crippen LogP contribution in [-0.2, 0) is 0 Å². The van der Waals surface area contributed by atoms with Gasteiger partial charge in [-0.15, -0.1) is 0 Å². The van der Waals surface area contributed by atoms with Crippen molar-refractivity contribution >= 4 is 33.2 Å². The van der Waals surface area contributed by atoms with Crippen LogP contribution in [0.25, 0.3) is 0 Å². The molecule has 108 valence electrons. The molecule has 0 aliphatic heterocycles. The standard InChI is InChI=1S/C15H13BrN2O3/c1-9-7-12(16)8-10(2)14(9)17-15(19)11-3-5-13(6-4-11)18(20)21/h3-8H,1-2H3,(H,17,19). The molecule has 6 heteroatoms.